The van der Waals surface area contributed by atoms with Crippen molar-refractivity contribution >= 4 is 16.1 Å². The van der Waals surface area contributed by atoms with E-state index in [1.807, 2.05) is 0 Å². The summed E-state index contributed by atoms with van der Waals surface area (Å²) in [4.78, 5) is 12.1. The summed E-state index contributed by atoms with van der Waals surface area (Å²) < 4.78 is 32.2. The van der Waals surface area contributed by atoms with Gasteiger partial charge in [0, 0.05) is 25.7 Å². The van der Waals surface area contributed by atoms with Gasteiger partial charge in [-0.05, 0) is 51.3 Å². The molecule has 0 saturated carbocycles. The molecule has 1 aliphatic rings. The molecule has 1 amide bonds. The lowest BCUT2D eigenvalue weighted by Crippen LogP contribution is -2.50. The van der Waals surface area contributed by atoms with E-state index in [1.54, 1.807) is 45.0 Å². The minimum atomic E-state index is -3.59. The van der Waals surface area contributed by atoms with Crippen LogP contribution >= 0.6 is 0 Å². The first-order valence-electron chi connectivity index (χ1n) is 8.40. The predicted molar refractivity (Wildman–Crippen MR) is 95.5 cm³/mol. The van der Waals surface area contributed by atoms with Crippen molar-refractivity contribution in [3.63, 3.8) is 0 Å². The highest BCUT2D eigenvalue weighted by molar-refractivity contribution is 7.89. The summed E-state index contributed by atoms with van der Waals surface area (Å²) in [5.74, 6) is 0. The molecule has 1 fully saturated rings. The molecule has 0 aromatic heterocycles. The molecule has 1 aromatic rings. The number of nitrogens with one attached hydrogen (secondary N) is 1. The van der Waals surface area contributed by atoms with Gasteiger partial charge in [0.05, 0.1) is 4.90 Å². The van der Waals surface area contributed by atoms with E-state index in [0.717, 1.165) is 12.0 Å². The summed E-state index contributed by atoms with van der Waals surface area (Å²) in [6, 6.07) is 6.31. The Morgan fingerprint density at radius 3 is 2.52 bits per heavy atom. The van der Waals surface area contributed by atoms with E-state index in [4.69, 9.17) is 10.5 Å². The van der Waals surface area contributed by atoms with Crippen molar-refractivity contribution in [2.75, 3.05) is 13.1 Å². The van der Waals surface area contributed by atoms with Crippen molar-refractivity contribution in [1.82, 2.24) is 9.62 Å². The van der Waals surface area contributed by atoms with Crippen LogP contribution in [0.5, 0.6) is 0 Å². The minimum absolute atomic E-state index is 0.236. The molecular formula is C17H27N3O4S. The Balaban J connectivity index is 2.05. The molecule has 1 atom stereocenters. The fourth-order valence-electron chi connectivity index (χ4n) is 2.70. The SMILES string of the molecule is CC(C)(C)OC(=O)NC1CCCN(S(=O)(=O)c2ccc(CN)cc2)C1. The van der Waals surface area contributed by atoms with Gasteiger partial charge >= 0.3 is 6.09 Å². The number of rotatable bonds is 4. The second-order valence-electron chi connectivity index (χ2n) is 7.20. The monoisotopic (exact) mass is 369 g/mol. The topological polar surface area (TPSA) is 102 Å². The average molecular weight is 369 g/mol. The third-order valence-corrected chi connectivity index (χ3v) is 5.78. The number of amides is 1. The van der Waals surface area contributed by atoms with E-state index < -0.39 is 21.7 Å². The van der Waals surface area contributed by atoms with Gasteiger partial charge in [0.1, 0.15) is 5.60 Å². The summed E-state index contributed by atoms with van der Waals surface area (Å²) in [5, 5.41) is 2.76. The van der Waals surface area contributed by atoms with Crippen LogP contribution in [-0.2, 0) is 21.3 Å². The maximum atomic E-state index is 12.8. The number of carbonyl (C=O) groups is 1. The van der Waals surface area contributed by atoms with E-state index in [9.17, 15) is 13.2 Å². The minimum Gasteiger partial charge on any atom is -0.444 e. The number of carbonyl (C=O) groups excluding carboxylic acids is 1. The van der Waals surface area contributed by atoms with Crippen LogP contribution in [0.15, 0.2) is 29.2 Å². The van der Waals surface area contributed by atoms with Crippen molar-refractivity contribution in [2.45, 2.75) is 56.7 Å². The van der Waals surface area contributed by atoms with Crippen LogP contribution in [0.2, 0.25) is 0 Å². The van der Waals surface area contributed by atoms with Crippen molar-refractivity contribution in [2.24, 2.45) is 5.73 Å². The zero-order chi connectivity index (χ0) is 18.7. The fourth-order valence-corrected chi connectivity index (χ4v) is 4.22. The fraction of sp³-hybridized carbons (Fsp3) is 0.588. The van der Waals surface area contributed by atoms with Gasteiger partial charge in [-0.3, -0.25) is 0 Å². The zero-order valence-electron chi connectivity index (χ0n) is 15.0. The number of nitrogens with zero attached hydrogens (tertiary/aromatic N) is 1. The van der Waals surface area contributed by atoms with Gasteiger partial charge in [-0.2, -0.15) is 4.31 Å². The first kappa shape index (κ1) is 19.7. The van der Waals surface area contributed by atoms with Gasteiger partial charge in [0.25, 0.3) is 0 Å². The number of piperidine rings is 1. The molecule has 0 bridgehead atoms. The highest BCUT2D eigenvalue weighted by atomic mass is 32.2. The standard InChI is InChI=1S/C17H27N3O4S/c1-17(2,3)24-16(21)19-14-5-4-10-20(12-14)25(22,23)15-8-6-13(11-18)7-9-15/h6-9,14H,4-5,10-12,18H2,1-3H3,(H,19,21). The molecule has 0 spiro atoms. The van der Waals surface area contributed by atoms with E-state index in [2.05, 4.69) is 5.32 Å². The van der Waals surface area contributed by atoms with Crippen LogP contribution < -0.4 is 11.1 Å². The molecule has 1 heterocycles. The number of sulfonamides is 1. The molecule has 2 rings (SSSR count). The molecule has 1 saturated heterocycles. The molecule has 3 N–H and O–H groups in total. The number of benzene rings is 1. The Morgan fingerprint density at radius 1 is 1.32 bits per heavy atom. The summed E-state index contributed by atoms with van der Waals surface area (Å²) in [7, 11) is -3.59. The molecule has 1 aliphatic heterocycles. The molecule has 8 heteroatoms. The van der Waals surface area contributed by atoms with Gasteiger partial charge in [-0.15, -0.1) is 0 Å². The van der Waals surface area contributed by atoms with E-state index in [0.29, 0.717) is 19.5 Å². The Morgan fingerprint density at radius 2 is 1.96 bits per heavy atom. The van der Waals surface area contributed by atoms with E-state index in [-0.39, 0.29) is 17.5 Å². The lowest BCUT2D eigenvalue weighted by Gasteiger charge is -2.32. The van der Waals surface area contributed by atoms with Gasteiger partial charge in [0.2, 0.25) is 10.0 Å². The normalized spacial score (nSPS) is 19.4. The number of nitrogens with two attached hydrogens (primary N) is 1. The number of alkyl carbamates (subject to hydrolysis) is 1. The largest absolute Gasteiger partial charge is 0.444 e. The van der Waals surface area contributed by atoms with Crippen molar-refractivity contribution in [3.05, 3.63) is 29.8 Å². The Labute approximate surface area is 149 Å². The molecule has 140 valence electrons. The molecule has 0 aliphatic carbocycles. The van der Waals surface area contributed by atoms with Gasteiger partial charge in [0.15, 0.2) is 0 Å². The Bertz CT molecular complexity index is 696. The van der Waals surface area contributed by atoms with Gasteiger partial charge in [-0.1, -0.05) is 12.1 Å². The molecule has 0 radical (unpaired) electrons. The Kier molecular flexibility index (Phi) is 6.08. The number of hydrogen-bond acceptors (Lipinski definition) is 5. The predicted octanol–water partition coefficient (Wildman–Crippen LogP) is 1.82. The van der Waals surface area contributed by atoms with Gasteiger partial charge in [-0.25, -0.2) is 13.2 Å². The molecule has 25 heavy (non-hydrogen) atoms. The van der Waals surface area contributed by atoms with Crippen LogP contribution in [0, 0.1) is 0 Å². The molecule has 1 aromatic carbocycles. The summed E-state index contributed by atoms with van der Waals surface area (Å²) in [6.45, 7) is 6.40. The second kappa shape index (κ2) is 7.72. The third-order valence-electron chi connectivity index (χ3n) is 3.90. The van der Waals surface area contributed by atoms with E-state index >= 15 is 0 Å². The average Bonchev–Trinajstić information content (AvgIpc) is 2.53. The highest BCUT2D eigenvalue weighted by Crippen LogP contribution is 2.21. The van der Waals surface area contributed by atoms with Crippen LogP contribution in [0.3, 0.4) is 0 Å². The van der Waals surface area contributed by atoms with Crippen molar-refractivity contribution in [3.8, 4) is 0 Å². The summed E-state index contributed by atoms with van der Waals surface area (Å²) >= 11 is 0. The Hall–Kier alpha value is -1.64. The van der Waals surface area contributed by atoms with Crippen molar-refractivity contribution < 1.29 is 17.9 Å². The first-order chi connectivity index (χ1) is 11.6. The lowest BCUT2D eigenvalue weighted by molar-refractivity contribution is 0.0487. The van der Waals surface area contributed by atoms with Crippen LogP contribution in [-0.4, -0.2) is 43.5 Å². The summed E-state index contributed by atoms with van der Waals surface area (Å²) in [6.07, 6.45) is 0.877. The van der Waals surface area contributed by atoms with Crippen LogP contribution in [0.25, 0.3) is 0 Å². The van der Waals surface area contributed by atoms with E-state index in [1.165, 1.54) is 4.31 Å². The zero-order valence-corrected chi connectivity index (χ0v) is 15.8. The quantitative estimate of drug-likeness (QED) is 0.843. The lowest BCUT2D eigenvalue weighted by atomic mass is 10.1. The van der Waals surface area contributed by atoms with Gasteiger partial charge < -0.3 is 15.8 Å². The molecular weight excluding hydrogens is 342 g/mol. The first-order valence-corrected chi connectivity index (χ1v) is 9.84. The number of ether oxygens (including phenoxy) is 1. The van der Waals surface area contributed by atoms with Crippen LogP contribution in [0.4, 0.5) is 4.79 Å². The second-order valence-corrected chi connectivity index (χ2v) is 9.13. The highest BCUT2D eigenvalue weighted by Gasteiger charge is 2.31. The molecule has 7 nitrogen and oxygen atoms in total. The van der Waals surface area contributed by atoms with Crippen molar-refractivity contribution in [1.29, 1.82) is 0 Å². The number of hydrogen-bond donors (Lipinski definition) is 2. The third kappa shape index (κ3) is 5.42. The van der Waals surface area contributed by atoms with Crippen LogP contribution in [0.1, 0.15) is 39.2 Å². The maximum absolute atomic E-state index is 12.8. The maximum Gasteiger partial charge on any atom is 0.407 e. The molecule has 1 unspecified atom stereocenters. The smallest absolute Gasteiger partial charge is 0.407 e. The summed E-state index contributed by atoms with van der Waals surface area (Å²) in [5.41, 5.74) is 5.84.